The van der Waals surface area contributed by atoms with Crippen molar-refractivity contribution in [3.8, 4) is 0 Å². The first-order valence-corrected chi connectivity index (χ1v) is 7.25. The van der Waals surface area contributed by atoms with Gasteiger partial charge in [-0.3, -0.25) is 4.79 Å². The Morgan fingerprint density at radius 1 is 1.40 bits per heavy atom. The summed E-state index contributed by atoms with van der Waals surface area (Å²) >= 11 is 5.94. The summed E-state index contributed by atoms with van der Waals surface area (Å²) < 4.78 is 0. The molecule has 0 radical (unpaired) electrons. The lowest BCUT2D eigenvalue weighted by Gasteiger charge is -2.28. The molecule has 0 saturated heterocycles. The van der Waals surface area contributed by atoms with Gasteiger partial charge in [0.2, 0.25) is 5.91 Å². The van der Waals surface area contributed by atoms with Gasteiger partial charge in [0, 0.05) is 23.2 Å². The molecule has 3 N–H and O–H groups in total. The Kier molecular flexibility index (Phi) is 6.80. The molecule has 2 rings (SSSR count). The van der Waals surface area contributed by atoms with Crippen molar-refractivity contribution >= 4 is 35.6 Å². The van der Waals surface area contributed by atoms with E-state index in [0.717, 1.165) is 24.1 Å². The van der Waals surface area contributed by atoms with Crippen LogP contribution >= 0.6 is 24.0 Å². The third-order valence-electron chi connectivity index (χ3n) is 3.89. The Labute approximate surface area is 131 Å². The maximum Gasteiger partial charge on any atom is 0.224 e. The zero-order valence-corrected chi connectivity index (χ0v) is 13.3. The van der Waals surface area contributed by atoms with Crippen LogP contribution in [0.3, 0.4) is 0 Å². The van der Waals surface area contributed by atoms with E-state index in [4.69, 9.17) is 17.3 Å². The summed E-state index contributed by atoms with van der Waals surface area (Å²) in [7, 11) is 0. The van der Waals surface area contributed by atoms with Crippen LogP contribution in [-0.2, 0) is 4.79 Å². The van der Waals surface area contributed by atoms with Crippen molar-refractivity contribution in [3.05, 3.63) is 28.8 Å². The summed E-state index contributed by atoms with van der Waals surface area (Å²) in [5.74, 6) is 0.348. The number of halogens is 2. The fraction of sp³-hybridized carbons (Fsp3) is 0.533. The molecule has 1 amide bonds. The maximum atomic E-state index is 12.1. The van der Waals surface area contributed by atoms with Crippen LogP contribution in [0.1, 0.15) is 37.7 Å². The standard InChI is InChI=1S/C15H21ClN2O.ClH/c1-10-6-7-12(16)9-14(10)18-15(19)8-11-4-2-3-5-13(11)17;/h6-7,9,11,13H,2-5,8,17H2,1H3,(H,18,19);1H. The fourth-order valence-corrected chi connectivity index (χ4v) is 2.83. The van der Waals surface area contributed by atoms with Gasteiger partial charge in [-0.05, 0) is 43.4 Å². The van der Waals surface area contributed by atoms with Crippen molar-refractivity contribution in [1.82, 2.24) is 0 Å². The Hall–Kier alpha value is -0.770. The summed E-state index contributed by atoms with van der Waals surface area (Å²) in [6.07, 6.45) is 4.97. The monoisotopic (exact) mass is 316 g/mol. The minimum atomic E-state index is 0. The largest absolute Gasteiger partial charge is 0.327 e. The lowest BCUT2D eigenvalue weighted by molar-refractivity contribution is -0.117. The predicted molar refractivity (Wildman–Crippen MR) is 86.6 cm³/mol. The molecule has 1 aliphatic rings. The first-order valence-electron chi connectivity index (χ1n) is 6.88. The smallest absolute Gasteiger partial charge is 0.224 e. The van der Waals surface area contributed by atoms with Crippen LogP contribution in [0, 0.1) is 12.8 Å². The number of hydrogen-bond donors (Lipinski definition) is 2. The molecule has 0 bridgehead atoms. The van der Waals surface area contributed by atoms with E-state index in [2.05, 4.69) is 5.32 Å². The van der Waals surface area contributed by atoms with E-state index in [1.807, 2.05) is 19.1 Å². The Bertz CT molecular complexity index is 465. The van der Waals surface area contributed by atoms with Gasteiger partial charge in [-0.2, -0.15) is 0 Å². The van der Waals surface area contributed by atoms with E-state index < -0.39 is 0 Å². The number of carbonyl (C=O) groups is 1. The first-order chi connectivity index (χ1) is 9.06. The number of aryl methyl sites for hydroxylation is 1. The quantitative estimate of drug-likeness (QED) is 0.888. The number of hydrogen-bond acceptors (Lipinski definition) is 2. The molecule has 3 nitrogen and oxygen atoms in total. The fourth-order valence-electron chi connectivity index (χ4n) is 2.66. The van der Waals surface area contributed by atoms with Crippen molar-refractivity contribution < 1.29 is 4.79 Å². The molecule has 2 atom stereocenters. The van der Waals surface area contributed by atoms with E-state index in [-0.39, 0.29) is 24.4 Å². The van der Waals surface area contributed by atoms with Crippen LogP contribution in [0.4, 0.5) is 5.69 Å². The molecule has 0 aliphatic heterocycles. The topological polar surface area (TPSA) is 55.1 Å². The van der Waals surface area contributed by atoms with Gasteiger partial charge in [-0.1, -0.05) is 30.5 Å². The molecule has 1 saturated carbocycles. The van der Waals surface area contributed by atoms with Gasteiger partial charge in [0.05, 0.1) is 0 Å². The van der Waals surface area contributed by atoms with Gasteiger partial charge in [-0.25, -0.2) is 0 Å². The molecule has 1 aliphatic carbocycles. The van der Waals surface area contributed by atoms with Crippen LogP contribution in [0.25, 0.3) is 0 Å². The molecule has 0 aromatic heterocycles. The predicted octanol–water partition coefficient (Wildman–Crippen LogP) is 3.92. The number of anilines is 1. The van der Waals surface area contributed by atoms with E-state index in [1.165, 1.54) is 12.8 Å². The Morgan fingerprint density at radius 3 is 2.80 bits per heavy atom. The van der Waals surface area contributed by atoms with Crippen molar-refractivity contribution in [2.75, 3.05) is 5.32 Å². The SMILES string of the molecule is Cc1ccc(Cl)cc1NC(=O)CC1CCCCC1N.Cl. The molecule has 1 aromatic carbocycles. The second kappa shape index (κ2) is 7.87. The zero-order chi connectivity index (χ0) is 13.8. The number of benzene rings is 1. The zero-order valence-electron chi connectivity index (χ0n) is 11.7. The molecule has 1 aromatic rings. The van der Waals surface area contributed by atoms with Gasteiger partial charge in [0.1, 0.15) is 0 Å². The second-order valence-electron chi connectivity index (χ2n) is 5.42. The van der Waals surface area contributed by atoms with E-state index in [1.54, 1.807) is 6.07 Å². The Morgan fingerprint density at radius 2 is 2.10 bits per heavy atom. The maximum absolute atomic E-state index is 12.1. The second-order valence-corrected chi connectivity index (χ2v) is 5.86. The van der Waals surface area contributed by atoms with Crippen LogP contribution in [0.2, 0.25) is 5.02 Å². The molecule has 0 spiro atoms. The first kappa shape index (κ1) is 17.3. The van der Waals surface area contributed by atoms with Crippen LogP contribution in [0.15, 0.2) is 18.2 Å². The van der Waals surface area contributed by atoms with Crippen molar-refractivity contribution in [2.45, 2.75) is 45.1 Å². The van der Waals surface area contributed by atoms with E-state index >= 15 is 0 Å². The third kappa shape index (κ3) is 4.65. The molecular weight excluding hydrogens is 295 g/mol. The molecule has 20 heavy (non-hydrogen) atoms. The van der Waals surface area contributed by atoms with Crippen LogP contribution in [-0.4, -0.2) is 11.9 Å². The molecule has 0 heterocycles. The number of nitrogens with two attached hydrogens (primary N) is 1. The number of amides is 1. The lowest BCUT2D eigenvalue weighted by atomic mass is 9.83. The number of carbonyl (C=O) groups excluding carboxylic acids is 1. The van der Waals surface area contributed by atoms with Gasteiger partial charge >= 0.3 is 0 Å². The van der Waals surface area contributed by atoms with Gasteiger partial charge in [0.15, 0.2) is 0 Å². The summed E-state index contributed by atoms with van der Waals surface area (Å²) in [6, 6.07) is 5.68. The van der Waals surface area contributed by atoms with Crippen molar-refractivity contribution in [1.29, 1.82) is 0 Å². The minimum Gasteiger partial charge on any atom is -0.327 e. The molecular formula is C15H22Cl2N2O. The molecule has 2 unspecified atom stereocenters. The van der Waals surface area contributed by atoms with Crippen LogP contribution < -0.4 is 11.1 Å². The van der Waals surface area contributed by atoms with Gasteiger partial charge in [0.25, 0.3) is 0 Å². The summed E-state index contributed by atoms with van der Waals surface area (Å²) in [5.41, 5.74) is 7.89. The normalized spacial score (nSPS) is 21.9. The molecule has 112 valence electrons. The third-order valence-corrected chi connectivity index (χ3v) is 4.12. The summed E-state index contributed by atoms with van der Waals surface area (Å²) in [6.45, 7) is 1.96. The van der Waals surface area contributed by atoms with Gasteiger partial charge in [-0.15, -0.1) is 12.4 Å². The van der Waals surface area contributed by atoms with Gasteiger partial charge < -0.3 is 11.1 Å². The summed E-state index contributed by atoms with van der Waals surface area (Å²) in [4.78, 5) is 12.1. The molecule has 5 heteroatoms. The number of nitrogens with one attached hydrogen (secondary N) is 1. The molecule has 1 fully saturated rings. The van der Waals surface area contributed by atoms with Crippen molar-refractivity contribution in [3.63, 3.8) is 0 Å². The lowest BCUT2D eigenvalue weighted by Crippen LogP contribution is -2.35. The average Bonchev–Trinajstić information content (AvgIpc) is 2.37. The Balaban J connectivity index is 0.00000200. The number of rotatable bonds is 3. The van der Waals surface area contributed by atoms with E-state index in [0.29, 0.717) is 17.4 Å². The van der Waals surface area contributed by atoms with E-state index in [9.17, 15) is 4.79 Å². The van der Waals surface area contributed by atoms with Crippen molar-refractivity contribution in [2.24, 2.45) is 11.7 Å². The summed E-state index contributed by atoms with van der Waals surface area (Å²) in [5, 5.41) is 3.57. The highest BCUT2D eigenvalue weighted by Crippen LogP contribution is 2.26. The average molecular weight is 317 g/mol. The highest BCUT2D eigenvalue weighted by Gasteiger charge is 2.24. The minimum absolute atomic E-state index is 0. The van der Waals surface area contributed by atoms with Crippen LogP contribution in [0.5, 0.6) is 0 Å². The highest BCUT2D eigenvalue weighted by molar-refractivity contribution is 6.31. The highest BCUT2D eigenvalue weighted by atomic mass is 35.5.